The molecule has 0 radical (unpaired) electrons. The minimum absolute atomic E-state index is 0.165. The van der Waals surface area contributed by atoms with Gasteiger partial charge in [-0.2, -0.15) is 0 Å². The molecule has 1 aromatic heterocycles. The summed E-state index contributed by atoms with van der Waals surface area (Å²) in [5.74, 6) is 2.08. The van der Waals surface area contributed by atoms with Crippen molar-refractivity contribution in [3.8, 4) is 22.8 Å². The van der Waals surface area contributed by atoms with Crippen molar-refractivity contribution in [2.75, 3.05) is 13.2 Å². The molecule has 0 aliphatic carbocycles. The highest BCUT2D eigenvalue weighted by Crippen LogP contribution is 2.31. The summed E-state index contributed by atoms with van der Waals surface area (Å²) in [6.45, 7) is 4.80. The zero-order chi connectivity index (χ0) is 21.8. The lowest BCUT2D eigenvalue weighted by atomic mass is 10.2. The highest BCUT2D eigenvalue weighted by molar-refractivity contribution is 9.10. The Morgan fingerprint density at radius 3 is 2.39 bits per heavy atom. The van der Waals surface area contributed by atoms with Gasteiger partial charge in [0, 0.05) is 21.7 Å². The van der Waals surface area contributed by atoms with Gasteiger partial charge in [0.15, 0.2) is 17.2 Å². The number of rotatable bonds is 7. The maximum absolute atomic E-state index is 12.3. The number of furan rings is 1. The number of benzene rings is 2. The van der Waals surface area contributed by atoms with Gasteiger partial charge < -0.3 is 18.6 Å². The highest BCUT2D eigenvalue weighted by atomic mass is 79.9. The molecule has 158 valence electrons. The van der Waals surface area contributed by atoms with E-state index in [2.05, 4.69) is 20.9 Å². The van der Waals surface area contributed by atoms with Crippen LogP contribution in [0.5, 0.6) is 11.5 Å². The summed E-state index contributed by atoms with van der Waals surface area (Å²) in [7, 11) is 0. The van der Waals surface area contributed by atoms with Crippen LogP contribution in [-0.4, -0.2) is 25.1 Å². The molecule has 7 heteroatoms. The third-order valence-electron chi connectivity index (χ3n) is 4.45. The number of nitrogens with zero attached hydrogens (tertiary/aromatic N) is 1. The molecule has 2 heterocycles. The van der Waals surface area contributed by atoms with Crippen LogP contribution in [0.3, 0.4) is 0 Å². The second kappa shape index (κ2) is 9.22. The highest BCUT2D eigenvalue weighted by Gasteiger charge is 2.25. The maximum atomic E-state index is 12.3. The Morgan fingerprint density at radius 2 is 1.65 bits per heavy atom. The molecule has 0 spiro atoms. The molecule has 0 saturated carbocycles. The van der Waals surface area contributed by atoms with E-state index in [0.717, 1.165) is 10.0 Å². The summed E-state index contributed by atoms with van der Waals surface area (Å²) in [6.07, 6.45) is 1.57. The fourth-order valence-electron chi connectivity index (χ4n) is 3.05. The molecule has 1 aliphatic heterocycles. The van der Waals surface area contributed by atoms with Crippen LogP contribution in [0, 0.1) is 0 Å². The molecule has 6 nitrogen and oxygen atoms in total. The molecule has 31 heavy (non-hydrogen) atoms. The minimum Gasteiger partial charge on any atom is -0.490 e. The molecule has 4 rings (SSSR count). The zero-order valence-electron chi connectivity index (χ0n) is 17.1. The molecule has 0 amide bonds. The molecular weight excluding hydrogens is 462 g/mol. The Bertz CT molecular complexity index is 1160. The summed E-state index contributed by atoms with van der Waals surface area (Å²) >= 11 is 3.42. The van der Waals surface area contributed by atoms with Gasteiger partial charge in [0.05, 0.1) is 13.2 Å². The lowest BCUT2D eigenvalue weighted by molar-refractivity contribution is -0.129. The predicted octanol–water partition coefficient (Wildman–Crippen LogP) is 5.85. The van der Waals surface area contributed by atoms with Crippen molar-refractivity contribution in [1.82, 2.24) is 0 Å². The van der Waals surface area contributed by atoms with Gasteiger partial charge in [-0.15, -0.1) is 0 Å². The summed E-state index contributed by atoms with van der Waals surface area (Å²) in [5.41, 5.74) is 1.72. The van der Waals surface area contributed by atoms with Crippen LogP contribution in [0.4, 0.5) is 0 Å². The standard InChI is InChI=1S/C24H20BrNO5/c1-3-28-21-11-7-16(13-22(21)29-4-2)23-26-19(24(27)31-23)14-18-10-12-20(30-18)15-5-8-17(25)9-6-15/h5-14H,3-4H2,1-2H3. The summed E-state index contributed by atoms with van der Waals surface area (Å²) in [4.78, 5) is 16.7. The molecule has 0 saturated heterocycles. The number of aliphatic imine (C=N–C) groups is 1. The Balaban J connectivity index is 1.59. The number of halogens is 1. The number of hydrogen-bond acceptors (Lipinski definition) is 6. The normalized spacial score (nSPS) is 14.5. The van der Waals surface area contributed by atoms with Crippen LogP contribution in [0.1, 0.15) is 25.2 Å². The van der Waals surface area contributed by atoms with Gasteiger partial charge in [0.1, 0.15) is 11.5 Å². The molecule has 0 atom stereocenters. The smallest absolute Gasteiger partial charge is 0.363 e. The van der Waals surface area contributed by atoms with E-state index in [1.54, 1.807) is 30.3 Å². The van der Waals surface area contributed by atoms with Crippen LogP contribution in [0.15, 0.2) is 74.2 Å². The number of carbonyl (C=O) groups excluding carboxylic acids is 1. The van der Waals surface area contributed by atoms with Crippen molar-refractivity contribution < 1.29 is 23.4 Å². The first-order valence-corrected chi connectivity index (χ1v) is 10.6. The van der Waals surface area contributed by atoms with E-state index in [-0.39, 0.29) is 11.6 Å². The van der Waals surface area contributed by atoms with E-state index in [4.69, 9.17) is 18.6 Å². The Kier molecular flexibility index (Phi) is 6.23. The zero-order valence-corrected chi connectivity index (χ0v) is 18.6. The topological polar surface area (TPSA) is 70.3 Å². The van der Waals surface area contributed by atoms with E-state index >= 15 is 0 Å². The van der Waals surface area contributed by atoms with E-state index in [1.807, 2.05) is 44.2 Å². The summed E-state index contributed by atoms with van der Waals surface area (Å²) < 4.78 is 23.4. The fraction of sp³-hybridized carbons (Fsp3) is 0.167. The Labute approximate surface area is 188 Å². The van der Waals surface area contributed by atoms with E-state index in [9.17, 15) is 4.79 Å². The van der Waals surface area contributed by atoms with Crippen molar-refractivity contribution in [3.05, 3.63) is 76.1 Å². The van der Waals surface area contributed by atoms with Crippen LogP contribution in [0.2, 0.25) is 0 Å². The van der Waals surface area contributed by atoms with E-state index in [0.29, 0.717) is 41.8 Å². The molecule has 0 unspecified atom stereocenters. The van der Waals surface area contributed by atoms with Crippen molar-refractivity contribution in [3.63, 3.8) is 0 Å². The number of cyclic esters (lactones) is 1. The number of ether oxygens (including phenoxy) is 3. The lowest BCUT2D eigenvalue weighted by Crippen LogP contribution is -2.06. The number of hydrogen-bond donors (Lipinski definition) is 0. The fourth-order valence-corrected chi connectivity index (χ4v) is 3.32. The molecule has 0 bridgehead atoms. The minimum atomic E-state index is -0.538. The van der Waals surface area contributed by atoms with Crippen LogP contribution in [0.25, 0.3) is 17.4 Å². The summed E-state index contributed by atoms with van der Waals surface area (Å²) in [6, 6.07) is 16.7. The maximum Gasteiger partial charge on any atom is 0.363 e. The van der Waals surface area contributed by atoms with Gasteiger partial charge in [0.25, 0.3) is 0 Å². The van der Waals surface area contributed by atoms with Crippen LogP contribution < -0.4 is 9.47 Å². The van der Waals surface area contributed by atoms with Gasteiger partial charge in [-0.05, 0) is 56.3 Å². The summed E-state index contributed by atoms with van der Waals surface area (Å²) in [5, 5.41) is 0. The van der Waals surface area contributed by atoms with Gasteiger partial charge in [-0.1, -0.05) is 28.1 Å². The predicted molar refractivity (Wildman–Crippen MR) is 121 cm³/mol. The van der Waals surface area contributed by atoms with Crippen molar-refractivity contribution in [2.45, 2.75) is 13.8 Å². The quantitative estimate of drug-likeness (QED) is 0.312. The van der Waals surface area contributed by atoms with Crippen LogP contribution in [-0.2, 0) is 9.53 Å². The molecule has 0 fully saturated rings. The van der Waals surface area contributed by atoms with Gasteiger partial charge in [0.2, 0.25) is 5.90 Å². The van der Waals surface area contributed by atoms with Gasteiger partial charge in [-0.25, -0.2) is 9.79 Å². The lowest BCUT2D eigenvalue weighted by Gasteiger charge is -2.11. The number of esters is 1. The Hall–Kier alpha value is -3.32. The van der Waals surface area contributed by atoms with E-state index in [1.165, 1.54) is 0 Å². The first-order valence-electron chi connectivity index (χ1n) is 9.85. The SMILES string of the molecule is CCOc1ccc(C2=NC(=Cc3ccc(-c4ccc(Br)cc4)o3)C(=O)O2)cc1OCC. The molecule has 3 aromatic rings. The number of carbonyl (C=O) groups is 1. The Morgan fingerprint density at radius 1 is 0.935 bits per heavy atom. The third kappa shape index (κ3) is 4.72. The molecule has 0 N–H and O–H groups in total. The van der Waals surface area contributed by atoms with Gasteiger partial charge in [-0.3, -0.25) is 0 Å². The average Bonchev–Trinajstić information content (AvgIpc) is 3.37. The van der Waals surface area contributed by atoms with Crippen molar-refractivity contribution in [2.24, 2.45) is 4.99 Å². The molecular formula is C24H20BrNO5. The first-order chi connectivity index (χ1) is 15.1. The molecule has 1 aliphatic rings. The van der Waals surface area contributed by atoms with Gasteiger partial charge >= 0.3 is 5.97 Å². The monoisotopic (exact) mass is 481 g/mol. The second-order valence-electron chi connectivity index (χ2n) is 6.57. The third-order valence-corrected chi connectivity index (χ3v) is 4.97. The second-order valence-corrected chi connectivity index (χ2v) is 7.49. The van der Waals surface area contributed by atoms with Crippen molar-refractivity contribution >= 4 is 33.9 Å². The molecule has 2 aromatic carbocycles. The largest absolute Gasteiger partial charge is 0.490 e. The average molecular weight is 482 g/mol. The van der Waals surface area contributed by atoms with Crippen molar-refractivity contribution in [1.29, 1.82) is 0 Å². The van der Waals surface area contributed by atoms with Crippen LogP contribution >= 0.6 is 15.9 Å². The van der Waals surface area contributed by atoms with E-state index < -0.39 is 5.97 Å². The first kappa shape index (κ1) is 20.9.